The Morgan fingerprint density at radius 3 is 2.40 bits per heavy atom. The lowest BCUT2D eigenvalue weighted by atomic mass is 10.1. The van der Waals surface area contributed by atoms with Crippen molar-refractivity contribution in [3.8, 4) is 0 Å². The molecule has 5 aromatic rings. The summed E-state index contributed by atoms with van der Waals surface area (Å²) >= 11 is 3.32. The van der Waals surface area contributed by atoms with Gasteiger partial charge >= 0.3 is 0 Å². The van der Waals surface area contributed by atoms with Crippen molar-refractivity contribution in [2.24, 2.45) is 0 Å². The summed E-state index contributed by atoms with van der Waals surface area (Å²) in [7, 11) is -4.07. The summed E-state index contributed by atoms with van der Waals surface area (Å²) in [6, 6.07) is 20.8. The molecule has 0 aliphatic carbocycles. The van der Waals surface area contributed by atoms with Gasteiger partial charge in [0.25, 0.3) is 5.56 Å². The summed E-state index contributed by atoms with van der Waals surface area (Å²) in [5, 5.41) is 9.05. The highest BCUT2D eigenvalue weighted by Crippen LogP contribution is 2.23. The standard InChI is InChI=1S/C26H21BrN4O3S/c1-17-6-5-14-31-24(17)29-25-21(26(31)32)16-22(35(33,34)20-11-9-19(27)10-12-20)23(28)30(25)15-13-18-7-3-2-4-8-18/h2-12,14,16,28H,13,15H2,1H3. The lowest BCUT2D eigenvalue weighted by molar-refractivity contribution is 0.588. The zero-order chi connectivity index (χ0) is 24.7. The molecule has 0 saturated heterocycles. The quantitative estimate of drug-likeness (QED) is 0.331. The van der Waals surface area contributed by atoms with Crippen molar-refractivity contribution in [3.63, 3.8) is 0 Å². The van der Waals surface area contributed by atoms with Gasteiger partial charge in [0, 0.05) is 17.2 Å². The van der Waals surface area contributed by atoms with E-state index in [-0.39, 0.29) is 32.8 Å². The lowest BCUT2D eigenvalue weighted by Crippen LogP contribution is -2.30. The molecule has 0 aliphatic heterocycles. The van der Waals surface area contributed by atoms with Crippen molar-refractivity contribution in [2.45, 2.75) is 29.7 Å². The fourth-order valence-corrected chi connectivity index (χ4v) is 5.77. The van der Waals surface area contributed by atoms with E-state index in [0.717, 1.165) is 15.6 Å². The average Bonchev–Trinajstić information content (AvgIpc) is 2.85. The Morgan fingerprint density at radius 2 is 1.69 bits per heavy atom. The summed E-state index contributed by atoms with van der Waals surface area (Å²) in [6.45, 7) is 2.15. The molecular formula is C26H21BrN4O3S. The SMILES string of the molecule is Cc1cccn2c(=O)c3cc(S(=O)(=O)c4ccc(Br)cc4)c(=N)n(CCc4ccccc4)c3nc12. The molecule has 0 aliphatic rings. The Bertz CT molecular complexity index is 1810. The number of nitrogens with one attached hydrogen (secondary N) is 1. The highest BCUT2D eigenvalue weighted by atomic mass is 79.9. The van der Waals surface area contributed by atoms with E-state index in [1.54, 1.807) is 24.4 Å². The first-order valence-corrected chi connectivity index (χ1v) is 13.2. The summed E-state index contributed by atoms with van der Waals surface area (Å²) in [6.07, 6.45) is 2.16. The maximum Gasteiger partial charge on any atom is 0.267 e. The number of benzene rings is 2. The molecule has 0 atom stereocenters. The van der Waals surface area contributed by atoms with Gasteiger partial charge in [-0.2, -0.15) is 0 Å². The normalized spacial score (nSPS) is 11.8. The molecule has 176 valence electrons. The summed E-state index contributed by atoms with van der Waals surface area (Å²) in [5.41, 5.74) is 2.01. The number of sulfone groups is 1. The van der Waals surface area contributed by atoms with E-state index in [1.165, 1.54) is 27.2 Å². The molecule has 0 spiro atoms. The number of fused-ring (bicyclic) bond motifs is 2. The zero-order valence-electron chi connectivity index (χ0n) is 18.8. The van der Waals surface area contributed by atoms with Crippen LogP contribution in [0.2, 0.25) is 0 Å². The first kappa shape index (κ1) is 23.2. The van der Waals surface area contributed by atoms with Crippen LogP contribution in [0.4, 0.5) is 0 Å². The van der Waals surface area contributed by atoms with Gasteiger partial charge < -0.3 is 4.57 Å². The van der Waals surface area contributed by atoms with Crippen LogP contribution in [-0.2, 0) is 22.8 Å². The van der Waals surface area contributed by atoms with Crippen LogP contribution >= 0.6 is 15.9 Å². The van der Waals surface area contributed by atoms with E-state index in [1.807, 2.05) is 43.3 Å². The van der Waals surface area contributed by atoms with Gasteiger partial charge in [0.15, 0.2) is 0 Å². The predicted molar refractivity (Wildman–Crippen MR) is 137 cm³/mol. The van der Waals surface area contributed by atoms with E-state index >= 15 is 0 Å². The largest absolute Gasteiger partial charge is 0.309 e. The second kappa shape index (κ2) is 8.90. The van der Waals surface area contributed by atoms with E-state index in [9.17, 15) is 13.2 Å². The first-order valence-electron chi connectivity index (χ1n) is 10.9. The van der Waals surface area contributed by atoms with Crippen molar-refractivity contribution < 1.29 is 8.42 Å². The molecule has 9 heteroatoms. The Morgan fingerprint density at radius 1 is 0.971 bits per heavy atom. The van der Waals surface area contributed by atoms with E-state index in [0.29, 0.717) is 17.7 Å². The van der Waals surface area contributed by atoms with Gasteiger partial charge in [0.2, 0.25) is 9.84 Å². The molecule has 0 amide bonds. The van der Waals surface area contributed by atoms with Crippen molar-refractivity contribution in [2.75, 3.05) is 0 Å². The molecular weight excluding hydrogens is 528 g/mol. The number of aromatic nitrogens is 3. The smallest absolute Gasteiger partial charge is 0.267 e. The molecule has 0 fully saturated rings. The zero-order valence-corrected chi connectivity index (χ0v) is 21.2. The molecule has 5 rings (SSSR count). The van der Waals surface area contributed by atoms with Gasteiger partial charge in [-0.25, -0.2) is 13.4 Å². The number of aryl methyl sites for hydroxylation is 3. The monoisotopic (exact) mass is 548 g/mol. The highest BCUT2D eigenvalue weighted by molar-refractivity contribution is 9.10. The van der Waals surface area contributed by atoms with Crippen LogP contribution in [-0.4, -0.2) is 22.4 Å². The Kier molecular flexibility index (Phi) is 5.90. The fourth-order valence-electron chi connectivity index (χ4n) is 4.12. The summed E-state index contributed by atoms with van der Waals surface area (Å²) in [5.74, 6) is 0. The highest BCUT2D eigenvalue weighted by Gasteiger charge is 2.24. The van der Waals surface area contributed by atoms with Gasteiger partial charge in [0.1, 0.15) is 21.7 Å². The molecule has 0 saturated carbocycles. The molecule has 1 N–H and O–H groups in total. The summed E-state index contributed by atoms with van der Waals surface area (Å²) in [4.78, 5) is 18.0. The maximum absolute atomic E-state index is 13.6. The number of pyridine rings is 2. The van der Waals surface area contributed by atoms with Crippen molar-refractivity contribution in [1.29, 1.82) is 5.41 Å². The number of nitrogens with zero attached hydrogens (tertiary/aromatic N) is 3. The Hall–Kier alpha value is -3.56. The third-order valence-corrected chi connectivity index (χ3v) is 8.29. The molecule has 0 bridgehead atoms. The van der Waals surface area contributed by atoms with Crippen LogP contribution in [0, 0.1) is 12.3 Å². The van der Waals surface area contributed by atoms with E-state index in [4.69, 9.17) is 10.4 Å². The van der Waals surface area contributed by atoms with Gasteiger partial charge in [-0.1, -0.05) is 52.3 Å². The minimum absolute atomic E-state index is 0.0489. The van der Waals surface area contributed by atoms with Crippen LogP contribution in [0.3, 0.4) is 0 Å². The van der Waals surface area contributed by atoms with Gasteiger partial charge in [-0.05, 0) is 60.9 Å². The molecule has 3 heterocycles. The molecule has 2 aromatic carbocycles. The van der Waals surface area contributed by atoms with Crippen molar-refractivity contribution in [1.82, 2.24) is 14.0 Å². The maximum atomic E-state index is 13.6. The minimum atomic E-state index is -4.07. The molecule has 3 aromatic heterocycles. The van der Waals surface area contributed by atoms with Crippen LogP contribution in [0.15, 0.2) is 98.1 Å². The number of rotatable bonds is 5. The van der Waals surface area contributed by atoms with E-state index in [2.05, 4.69) is 15.9 Å². The molecule has 0 radical (unpaired) electrons. The lowest BCUT2D eigenvalue weighted by Gasteiger charge is -2.16. The fraction of sp³-hybridized carbons (Fsp3) is 0.115. The van der Waals surface area contributed by atoms with Gasteiger partial charge in [0.05, 0.1) is 10.3 Å². The topological polar surface area (TPSA) is 97.3 Å². The number of halogens is 1. The number of hydrogen-bond acceptors (Lipinski definition) is 5. The van der Waals surface area contributed by atoms with Gasteiger partial charge in [-0.3, -0.25) is 14.6 Å². The van der Waals surface area contributed by atoms with Crippen LogP contribution < -0.4 is 11.0 Å². The van der Waals surface area contributed by atoms with Crippen LogP contribution in [0.5, 0.6) is 0 Å². The van der Waals surface area contributed by atoms with Crippen LogP contribution in [0.25, 0.3) is 16.7 Å². The Labute approximate surface area is 209 Å². The van der Waals surface area contributed by atoms with E-state index < -0.39 is 9.84 Å². The minimum Gasteiger partial charge on any atom is -0.309 e. The molecule has 35 heavy (non-hydrogen) atoms. The Balaban J connectivity index is 1.82. The van der Waals surface area contributed by atoms with Crippen molar-refractivity contribution in [3.05, 3.63) is 110 Å². The first-order chi connectivity index (χ1) is 16.8. The number of hydrogen-bond donors (Lipinski definition) is 1. The van der Waals surface area contributed by atoms with Gasteiger partial charge in [-0.15, -0.1) is 0 Å². The third kappa shape index (κ3) is 4.11. The van der Waals surface area contributed by atoms with Crippen LogP contribution in [0.1, 0.15) is 11.1 Å². The second-order valence-corrected chi connectivity index (χ2v) is 11.1. The predicted octanol–water partition coefficient (Wildman–Crippen LogP) is 4.28. The molecule has 7 nitrogen and oxygen atoms in total. The second-order valence-electron chi connectivity index (χ2n) is 8.24. The molecule has 0 unspecified atom stereocenters. The summed E-state index contributed by atoms with van der Waals surface area (Å²) < 4.78 is 30.9. The average molecular weight is 549 g/mol. The third-order valence-electron chi connectivity index (χ3n) is 5.98. The van der Waals surface area contributed by atoms with Crippen molar-refractivity contribution >= 4 is 42.4 Å².